The highest BCUT2D eigenvalue weighted by Crippen LogP contribution is 2.34. The Labute approximate surface area is 100 Å². The molecule has 1 N–H and O–H groups in total. The molecule has 1 aliphatic heterocycles. The van der Waals surface area contributed by atoms with E-state index >= 15 is 0 Å². The molecule has 0 atom stereocenters. The lowest BCUT2D eigenvalue weighted by Crippen LogP contribution is -2.46. The first kappa shape index (κ1) is 12.4. The van der Waals surface area contributed by atoms with E-state index in [9.17, 15) is 18.0 Å². The Morgan fingerprint density at radius 2 is 2.00 bits per heavy atom. The van der Waals surface area contributed by atoms with Crippen molar-refractivity contribution in [2.75, 3.05) is 26.2 Å². The van der Waals surface area contributed by atoms with Crippen molar-refractivity contribution >= 4 is 17.2 Å². The lowest BCUT2D eigenvalue weighted by atomic mass is 10.2. The highest BCUT2D eigenvalue weighted by Gasteiger charge is 2.33. The van der Waals surface area contributed by atoms with E-state index in [4.69, 9.17) is 0 Å². The Kier molecular flexibility index (Phi) is 3.39. The molecule has 94 valence electrons. The molecule has 1 amide bonds. The molecule has 0 radical (unpaired) electrons. The monoisotopic (exact) mass is 264 g/mol. The standard InChI is InChI=1S/C10H11F3N2OS/c11-10(12,13)8-5-7(6-17-8)9(16)15-3-1-14-2-4-15/h5-6,14H,1-4H2. The zero-order valence-corrected chi connectivity index (χ0v) is 9.70. The average Bonchev–Trinajstić information content (AvgIpc) is 2.78. The van der Waals surface area contributed by atoms with Crippen molar-refractivity contribution in [3.05, 3.63) is 21.9 Å². The summed E-state index contributed by atoms with van der Waals surface area (Å²) in [5, 5.41) is 4.35. The number of hydrogen-bond donors (Lipinski definition) is 1. The molecule has 1 aromatic rings. The first-order valence-electron chi connectivity index (χ1n) is 5.14. The Bertz CT molecular complexity index is 410. The normalized spacial score (nSPS) is 17.2. The van der Waals surface area contributed by atoms with Crippen LogP contribution in [-0.2, 0) is 6.18 Å². The van der Waals surface area contributed by atoms with Crippen LogP contribution in [-0.4, -0.2) is 37.0 Å². The molecule has 7 heteroatoms. The second-order valence-electron chi connectivity index (χ2n) is 3.74. The summed E-state index contributed by atoms with van der Waals surface area (Å²) in [7, 11) is 0. The van der Waals surface area contributed by atoms with E-state index in [-0.39, 0.29) is 11.5 Å². The molecular formula is C10H11F3N2OS. The largest absolute Gasteiger partial charge is 0.425 e. The lowest BCUT2D eigenvalue weighted by molar-refractivity contribution is -0.134. The van der Waals surface area contributed by atoms with Crippen LogP contribution in [0.1, 0.15) is 15.2 Å². The van der Waals surface area contributed by atoms with E-state index in [1.165, 1.54) is 5.38 Å². The maximum absolute atomic E-state index is 12.4. The van der Waals surface area contributed by atoms with Crippen LogP contribution >= 0.6 is 11.3 Å². The van der Waals surface area contributed by atoms with Gasteiger partial charge in [-0.1, -0.05) is 0 Å². The molecule has 0 saturated carbocycles. The molecule has 0 bridgehead atoms. The minimum Gasteiger partial charge on any atom is -0.336 e. The number of carbonyl (C=O) groups excluding carboxylic acids is 1. The van der Waals surface area contributed by atoms with Gasteiger partial charge in [-0.3, -0.25) is 4.79 Å². The molecule has 0 aliphatic carbocycles. The van der Waals surface area contributed by atoms with Gasteiger partial charge in [0, 0.05) is 31.6 Å². The molecular weight excluding hydrogens is 253 g/mol. The maximum Gasteiger partial charge on any atom is 0.425 e. The lowest BCUT2D eigenvalue weighted by Gasteiger charge is -2.27. The SMILES string of the molecule is O=C(c1csc(C(F)(F)F)c1)N1CCNCC1. The molecule has 1 aromatic heterocycles. The van der Waals surface area contributed by atoms with Crippen LogP contribution in [0.5, 0.6) is 0 Å². The van der Waals surface area contributed by atoms with Crippen molar-refractivity contribution in [3.8, 4) is 0 Å². The molecule has 1 aliphatic rings. The predicted molar refractivity (Wildman–Crippen MR) is 58.1 cm³/mol. The van der Waals surface area contributed by atoms with Crippen molar-refractivity contribution in [1.29, 1.82) is 0 Å². The van der Waals surface area contributed by atoms with Gasteiger partial charge in [0.2, 0.25) is 0 Å². The second kappa shape index (κ2) is 4.66. The van der Waals surface area contributed by atoms with Gasteiger partial charge >= 0.3 is 6.18 Å². The van der Waals surface area contributed by atoms with Crippen molar-refractivity contribution in [3.63, 3.8) is 0 Å². The smallest absolute Gasteiger partial charge is 0.336 e. The summed E-state index contributed by atoms with van der Waals surface area (Å²) in [6, 6.07) is 0.926. The minimum absolute atomic E-state index is 0.129. The number of amides is 1. The summed E-state index contributed by atoms with van der Waals surface area (Å²) in [5.41, 5.74) is 0.129. The Morgan fingerprint density at radius 3 is 2.53 bits per heavy atom. The third kappa shape index (κ3) is 2.78. The fraction of sp³-hybridized carbons (Fsp3) is 0.500. The number of nitrogens with zero attached hydrogens (tertiary/aromatic N) is 1. The molecule has 0 aromatic carbocycles. The summed E-state index contributed by atoms with van der Waals surface area (Å²) in [6.45, 7) is 2.44. The number of alkyl halides is 3. The fourth-order valence-corrected chi connectivity index (χ4v) is 2.40. The summed E-state index contributed by atoms with van der Waals surface area (Å²) >= 11 is 0.561. The van der Waals surface area contributed by atoms with Gasteiger partial charge in [-0.2, -0.15) is 13.2 Å². The van der Waals surface area contributed by atoms with Crippen LogP contribution in [0.2, 0.25) is 0 Å². The summed E-state index contributed by atoms with van der Waals surface area (Å²) in [6.07, 6.45) is -4.37. The van der Waals surface area contributed by atoms with Gasteiger partial charge in [-0.15, -0.1) is 11.3 Å². The Hall–Kier alpha value is -1.08. The maximum atomic E-state index is 12.4. The van der Waals surface area contributed by atoms with Crippen LogP contribution < -0.4 is 5.32 Å². The number of thiophene rings is 1. The summed E-state index contributed by atoms with van der Waals surface area (Å²) in [4.78, 5) is 12.7. The molecule has 3 nitrogen and oxygen atoms in total. The van der Waals surface area contributed by atoms with Gasteiger partial charge in [0.1, 0.15) is 4.88 Å². The number of carbonyl (C=O) groups is 1. The zero-order valence-electron chi connectivity index (χ0n) is 8.88. The van der Waals surface area contributed by atoms with Crippen LogP contribution in [0.4, 0.5) is 13.2 Å². The van der Waals surface area contributed by atoms with E-state index in [1.807, 2.05) is 0 Å². The quantitative estimate of drug-likeness (QED) is 0.839. The van der Waals surface area contributed by atoms with Crippen LogP contribution in [0, 0.1) is 0 Å². The number of rotatable bonds is 1. The first-order chi connectivity index (χ1) is 7.98. The highest BCUT2D eigenvalue weighted by atomic mass is 32.1. The molecule has 1 saturated heterocycles. The third-order valence-electron chi connectivity index (χ3n) is 2.53. The Balaban J connectivity index is 2.11. The van der Waals surface area contributed by atoms with Gasteiger partial charge in [-0.25, -0.2) is 0 Å². The van der Waals surface area contributed by atoms with Crippen LogP contribution in [0.25, 0.3) is 0 Å². The fourth-order valence-electron chi connectivity index (χ4n) is 1.65. The zero-order chi connectivity index (χ0) is 12.5. The van der Waals surface area contributed by atoms with Crippen molar-refractivity contribution < 1.29 is 18.0 Å². The summed E-state index contributed by atoms with van der Waals surface area (Å²) in [5.74, 6) is -0.321. The molecule has 17 heavy (non-hydrogen) atoms. The highest BCUT2D eigenvalue weighted by molar-refractivity contribution is 7.10. The molecule has 0 spiro atoms. The van der Waals surface area contributed by atoms with E-state index < -0.39 is 11.1 Å². The van der Waals surface area contributed by atoms with E-state index in [0.717, 1.165) is 6.07 Å². The van der Waals surface area contributed by atoms with E-state index in [2.05, 4.69) is 5.32 Å². The van der Waals surface area contributed by atoms with Gasteiger partial charge in [-0.05, 0) is 6.07 Å². The molecule has 2 heterocycles. The van der Waals surface area contributed by atoms with Gasteiger partial charge < -0.3 is 10.2 Å². The first-order valence-corrected chi connectivity index (χ1v) is 6.02. The predicted octanol–water partition coefficient (Wildman–Crippen LogP) is 1.81. The number of halogens is 3. The van der Waals surface area contributed by atoms with E-state index in [0.29, 0.717) is 37.5 Å². The van der Waals surface area contributed by atoms with Gasteiger partial charge in [0.05, 0.1) is 5.56 Å². The van der Waals surface area contributed by atoms with Crippen molar-refractivity contribution in [2.45, 2.75) is 6.18 Å². The molecule has 0 unspecified atom stereocenters. The van der Waals surface area contributed by atoms with Gasteiger partial charge in [0.25, 0.3) is 5.91 Å². The van der Waals surface area contributed by atoms with Crippen molar-refractivity contribution in [1.82, 2.24) is 10.2 Å². The Morgan fingerprint density at radius 1 is 1.35 bits per heavy atom. The second-order valence-corrected chi connectivity index (χ2v) is 4.65. The molecule has 2 rings (SSSR count). The van der Waals surface area contributed by atoms with E-state index in [1.54, 1.807) is 4.90 Å². The summed E-state index contributed by atoms with van der Waals surface area (Å²) < 4.78 is 37.1. The number of piperazine rings is 1. The van der Waals surface area contributed by atoms with Crippen LogP contribution in [0.15, 0.2) is 11.4 Å². The number of hydrogen-bond acceptors (Lipinski definition) is 3. The minimum atomic E-state index is -4.37. The topological polar surface area (TPSA) is 32.3 Å². The average molecular weight is 264 g/mol. The van der Waals surface area contributed by atoms with Crippen LogP contribution in [0.3, 0.4) is 0 Å². The molecule has 1 fully saturated rings. The van der Waals surface area contributed by atoms with Crippen molar-refractivity contribution in [2.24, 2.45) is 0 Å². The van der Waals surface area contributed by atoms with Gasteiger partial charge in [0.15, 0.2) is 0 Å². The third-order valence-corrected chi connectivity index (χ3v) is 3.51. The number of nitrogens with one attached hydrogen (secondary N) is 1.